The zero-order valence-electron chi connectivity index (χ0n) is 18.5. The first-order valence-corrected chi connectivity index (χ1v) is 13.1. The highest BCUT2D eigenvalue weighted by Crippen LogP contribution is 2.49. The minimum absolute atomic E-state index is 0.151. The monoisotopic (exact) mass is 509 g/mol. The van der Waals surface area contributed by atoms with E-state index < -0.39 is 60.4 Å². The third-order valence-corrected chi connectivity index (χ3v) is 9.38. The molecular weight excluding hydrogens is 482 g/mol. The van der Waals surface area contributed by atoms with Gasteiger partial charge in [-0.2, -0.15) is 5.26 Å². The molecule has 4 aliphatic rings. The number of rotatable bonds is 8. The first-order chi connectivity index (χ1) is 16.3. The van der Waals surface area contributed by atoms with Gasteiger partial charge in [0.25, 0.3) is 0 Å². The molecule has 10 nitrogen and oxygen atoms in total. The molecule has 0 spiro atoms. The van der Waals surface area contributed by atoms with Crippen molar-refractivity contribution >= 4 is 41.1 Å². The number of aliphatic carboxylic acids is 1. The molecule has 12 heteroatoms. The maximum absolute atomic E-state index is 13.8. The number of carboxylic acids is 1. The molecule has 2 unspecified atom stereocenters. The highest BCUT2D eigenvalue weighted by Gasteiger charge is 2.61. The van der Waals surface area contributed by atoms with Crippen LogP contribution in [0.4, 0.5) is 0 Å². The molecule has 2 bridgehead atoms. The number of hydrogen-bond acceptors (Lipinski definition) is 11. The van der Waals surface area contributed by atoms with Crippen LogP contribution >= 0.6 is 23.5 Å². The third-order valence-electron chi connectivity index (χ3n) is 7.12. The van der Waals surface area contributed by atoms with Crippen molar-refractivity contribution in [2.24, 2.45) is 11.8 Å². The van der Waals surface area contributed by atoms with Crippen LogP contribution in [0, 0.1) is 23.2 Å². The molecule has 7 atom stereocenters. The van der Waals surface area contributed by atoms with Crippen molar-refractivity contribution in [3.63, 3.8) is 0 Å². The highest BCUT2D eigenvalue weighted by molar-refractivity contribution is 8.08. The average Bonchev–Trinajstić information content (AvgIpc) is 3.19. The molecule has 0 aromatic carbocycles. The van der Waals surface area contributed by atoms with Gasteiger partial charge in [-0.15, -0.1) is 23.5 Å². The van der Waals surface area contributed by atoms with Crippen LogP contribution in [-0.4, -0.2) is 104 Å². The van der Waals surface area contributed by atoms with Crippen molar-refractivity contribution in [2.45, 2.75) is 43.6 Å². The summed E-state index contributed by atoms with van der Waals surface area (Å²) in [6, 6.07) is -1.01. The lowest BCUT2D eigenvalue weighted by atomic mass is 9.71. The van der Waals surface area contributed by atoms with E-state index in [0.29, 0.717) is 0 Å². The first kappa shape index (κ1) is 25.4. The third kappa shape index (κ3) is 3.83. The summed E-state index contributed by atoms with van der Waals surface area (Å²) in [6.45, 7) is 0.866. The lowest BCUT2D eigenvalue weighted by Crippen LogP contribution is -2.71. The van der Waals surface area contributed by atoms with Gasteiger partial charge < -0.3 is 25.7 Å². The molecule has 4 rings (SSSR count). The van der Waals surface area contributed by atoms with Crippen LogP contribution in [0.15, 0.2) is 21.0 Å². The van der Waals surface area contributed by atoms with E-state index in [1.807, 2.05) is 0 Å². The number of nitrogens with zero attached hydrogens (tertiary/aromatic N) is 2. The van der Waals surface area contributed by atoms with Gasteiger partial charge in [-0.25, -0.2) is 0 Å². The Kier molecular flexibility index (Phi) is 7.54. The molecule has 3 aliphatic heterocycles. The Balaban J connectivity index is 1.85. The Morgan fingerprint density at radius 1 is 1.12 bits per heavy atom. The van der Waals surface area contributed by atoms with E-state index in [2.05, 4.69) is 11.4 Å². The van der Waals surface area contributed by atoms with Crippen LogP contribution in [0.2, 0.25) is 0 Å². The van der Waals surface area contributed by atoms with Gasteiger partial charge in [-0.1, -0.05) is 6.92 Å². The number of piperazine rings is 1. The second-order valence-corrected chi connectivity index (χ2v) is 11.0. The summed E-state index contributed by atoms with van der Waals surface area (Å²) in [5.41, 5.74) is 0.394. The SMILES string of the molecule is CC1C2=C(C(=O)C(SCCO)=C(SCCO)C2=O)[C@H](CO)N2C(C#N)[C@@H]3C[C@@H](C(=O)O)[C@@H](N3)[C@H]12. The second-order valence-electron chi connectivity index (χ2n) is 8.77. The molecule has 2 saturated heterocycles. The summed E-state index contributed by atoms with van der Waals surface area (Å²) in [6.07, 6.45) is 0.246. The van der Waals surface area contributed by atoms with E-state index >= 15 is 0 Å². The topological polar surface area (TPSA) is 171 Å². The van der Waals surface area contributed by atoms with Gasteiger partial charge in [0.2, 0.25) is 0 Å². The quantitative estimate of drug-likeness (QED) is 0.256. The Labute approximate surface area is 205 Å². The summed E-state index contributed by atoms with van der Waals surface area (Å²) in [5.74, 6) is -2.72. The van der Waals surface area contributed by atoms with Crippen LogP contribution in [0.25, 0.3) is 0 Å². The van der Waals surface area contributed by atoms with Crippen molar-refractivity contribution in [2.75, 3.05) is 31.3 Å². The highest BCUT2D eigenvalue weighted by atomic mass is 32.2. The van der Waals surface area contributed by atoms with E-state index in [9.17, 15) is 40.1 Å². The molecule has 1 aliphatic carbocycles. The number of allylic oxidation sites excluding steroid dienone is 2. The Morgan fingerprint density at radius 3 is 2.21 bits per heavy atom. The zero-order chi connectivity index (χ0) is 24.7. The summed E-state index contributed by atoms with van der Waals surface area (Å²) in [4.78, 5) is 41.6. The van der Waals surface area contributed by atoms with Crippen LogP contribution in [0.1, 0.15) is 13.3 Å². The second kappa shape index (κ2) is 10.1. The smallest absolute Gasteiger partial charge is 0.308 e. The number of thioether (sulfide) groups is 2. The fourth-order valence-electron chi connectivity index (χ4n) is 5.91. The molecule has 0 radical (unpaired) electrons. The number of carbonyl (C=O) groups excluding carboxylic acids is 2. The fourth-order valence-corrected chi connectivity index (χ4v) is 7.78. The lowest BCUT2D eigenvalue weighted by molar-refractivity contribution is -0.143. The van der Waals surface area contributed by atoms with Gasteiger partial charge in [0.1, 0.15) is 6.04 Å². The minimum Gasteiger partial charge on any atom is -0.481 e. The molecular formula is C22H27N3O7S2. The summed E-state index contributed by atoms with van der Waals surface area (Å²) < 4.78 is 0. The van der Waals surface area contributed by atoms with Crippen LogP contribution in [-0.2, 0) is 14.4 Å². The lowest BCUT2D eigenvalue weighted by Gasteiger charge is -2.54. The number of hydrogen-bond donors (Lipinski definition) is 5. The van der Waals surface area contributed by atoms with Gasteiger partial charge >= 0.3 is 5.97 Å². The number of aliphatic hydroxyl groups excluding tert-OH is 3. The average molecular weight is 510 g/mol. The molecule has 2 fully saturated rings. The van der Waals surface area contributed by atoms with E-state index in [1.54, 1.807) is 11.8 Å². The summed E-state index contributed by atoms with van der Waals surface area (Å²) >= 11 is 2.13. The maximum Gasteiger partial charge on any atom is 0.308 e. The van der Waals surface area contributed by atoms with Gasteiger partial charge in [0.15, 0.2) is 11.6 Å². The number of ketones is 2. The number of Topliss-reactive ketones (excluding diaryl/α,β-unsaturated/α-hetero) is 2. The van der Waals surface area contributed by atoms with E-state index in [4.69, 9.17) is 0 Å². The number of fused-ring (bicyclic) bond motifs is 4. The molecule has 34 heavy (non-hydrogen) atoms. The van der Waals surface area contributed by atoms with Crippen molar-refractivity contribution in [3.8, 4) is 6.07 Å². The number of carbonyl (C=O) groups is 3. The van der Waals surface area contributed by atoms with Gasteiger partial charge in [0.05, 0.1) is 47.7 Å². The fraction of sp³-hybridized carbons (Fsp3) is 0.636. The minimum atomic E-state index is -0.987. The van der Waals surface area contributed by atoms with Crippen molar-refractivity contribution in [1.82, 2.24) is 10.2 Å². The first-order valence-electron chi connectivity index (χ1n) is 11.1. The number of carboxylic acid groups (broad SMARTS) is 1. The van der Waals surface area contributed by atoms with E-state index in [0.717, 1.165) is 23.5 Å². The summed E-state index contributed by atoms with van der Waals surface area (Å²) in [7, 11) is 0. The molecule has 184 valence electrons. The Morgan fingerprint density at radius 2 is 1.71 bits per heavy atom. The predicted molar refractivity (Wildman–Crippen MR) is 125 cm³/mol. The predicted octanol–water partition coefficient (Wildman–Crippen LogP) is -0.884. The number of nitrogens with one attached hydrogen (secondary N) is 1. The van der Waals surface area contributed by atoms with Crippen molar-refractivity contribution < 1.29 is 34.8 Å². The molecule has 0 saturated carbocycles. The van der Waals surface area contributed by atoms with Gasteiger partial charge in [-0.3, -0.25) is 19.3 Å². The van der Waals surface area contributed by atoms with Crippen LogP contribution in [0.5, 0.6) is 0 Å². The van der Waals surface area contributed by atoms with E-state index in [1.165, 1.54) is 0 Å². The Hall–Kier alpha value is -1.72. The number of nitriles is 1. The van der Waals surface area contributed by atoms with E-state index in [-0.39, 0.29) is 57.9 Å². The zero-order valence-corrected chi connectivity index (χ0v) is 20.1. The normalized spacial score (nSPS) is 35.3. The van der Waals surface area contributed by atoms with Gasteiger partial charge in [0, 0.05) is 46.7 Å². The standard InChI is InChI=1S/C22H27N3O7S2/c1-9-14-15(19(30)21(34-5-3-27)20(18(14)29)33-4-2-26)13(8-28)25-12(7-23)11-6-10(22(31)32)16(24-11)17(9)25/h9-13,16-17,24,26-28H,2-6,8H2,1H3,(H,31,32)/t9?,10-,11+,12?,13+,16-,17+/m1/s1. The molecule has 3 heterocycles. The van der Waals surface area contributed by atoms with Crippen molar-refractivity contribution in [3.05, 3.63) is 21.0 Å². The van der Waals surface area contributed by atoms with Gasteiger partial charge in [-0.05, 0) is 6.42 Å². The number of aliphatic hydroxyl groups is 3. The summed E-state index contributed by atoms with van der Waals surface area (Å²) in [5, 5.41) is 52.1. The largest absolute Gasteiger partial charge is 0.481 e. The maximum atomic E-state index is 13.8. The van der Waals surface area contributed by atoms with Crippen LogP contribution in [0.3, 0.4) is 0 Å². The molecule has 0 aromatic heterocycles. The molecule has 5 N–H and O–H groups in total. The molecule has 0 aromatic rings. The molecule has 0 amide bonds. The Bertz CT molecular complexity index is 1010. The van der Waals surface area contributed by atoms with Crippen molar-refractivity contribution in [1.29, 1.82) is 5.26 Å². The van der Waals surface area contributed by atoms with Crippen LogP contribution < -0.4 is 5.32 Å².